The number of hydrogen-bond donors (Lipinski definition) is 3. The second-order valence-corrected chi connectivity index (χ2v) is 18.9. The Hall–Kier alpha value is -3.31. The second kappa shape index (κ2) is 25.6. The van der Waals surface area contributed by atoms with E-state index in [1.807, 2.05) is 46.8 Å². The number of Topliss-reactive ketones (excluding diaryl/α,β-unsaturated/α-hetero) is 2. The number of hydrogen-bond acceptors (Lipinski definition) is 14. The van der Waals surface area contributed by atoms with Gasteiger partial charge in [-0.05, 0) is 109 Å². The minimum atomic E-state index is -2.51. The SMILES string of the molecule is C=CC[C@@H]1/C=C(\C)C[C@H](C)C[C@H](OC)[C@H]2O[C@@](O)(C(=O)C(=O)N3CCCC[C@H]3C(=O)O[C@H](/C(C)=C/C3CC[C@@H](O)[C@H](OC)C3)[C@H](C)[C@@H](O)CC1=O)[C@H](C)C[C@@H]2OC.CC(=O)OC(C)C. The average Bonchev–Trinajstić information content (AvgIpc) is 3.24. The lowest BCUT2D eigenvalue weighted by Crippen LogP contribution is -2.64. The summed E-state index contributed by atoms with van der Waals surface area (Å²) in [7, 11) is 4.61. The van der Waals surface area contributed by atoms with Gasteiger partial charge in [0.1, 0.15) is 24.0 Å². The molecule has 15 nitrogen and oxygen atoms in total. The van der Waals surface area contributed by atoms with Crippen molar-refractivity contribution in [2.24, 2.45) is 29.6 Å². The third-order valence-electron chi connectivity index (χ3n) is 13.3. The Kier molecular flexibility index (Phi) is 22.0. The van der Waals surface area contributed by atoms with Gasteiger partial charge in [-0.2, -0.15) is 0 Å². The van der Waals surface area contributed by atoms with E-state index in [9.17, 15) is 39.3 Å². The molecule has 2 saturated heterocycles. The highest BCUT2D eigenvalue weighted by Gasteiger charge is 2.56. The van der Waals surface area contributed by atoms with Crippen molar-refractivity contribution in [2.75, 3.05) is 27.9 Å². The quantitative estimate of drug-likeness (QED) is 0.154. The Labute approximate surface area is 381 Å². The van der Waals surface area contributed by atoms with Gasteiger partial charge in [0.15, 0.2) is 0 Å². The number of ketones is 2. The maximum absolute atomic E-state index is 14.3. The minimum absolute atomic E-state index is 0.00988. The molecule has 0 aromatic carbocycles. The molecule has 364 valence electrons. The number of aliphatic hydroxyl groups excluding tert-OH is 2. The highest BCUT2D eigenvalue weighted by molar-refractivity contribution is 6.39. The Bertz CT molecular complexity index is 1640. The number of carbonyl (C=O) groups is 5. The van der Waals surface area contributed by atoms with Gasteiger partial charge in [0.2, 0.25) is 5.79 Å². The Morgan fingerprint density at radius 3 is 2.14 bits per heavy atom. The number of carbonyl (C=O) groups excluding carboxylic acids is 5. The molecule has 3 fully saturated rings. The van der Waals surface area contributed by atoms with Gasteiger partial charge in [0.25, 0.3) is 11.7 Å². The van der Waals surface area contributed by atoms with Gasteiger partial charge in [-0.1, -0.05) is 44.6 Å². The number of amides is 1. The summed E-state index contributed by atoms with van der Waals surface area (Å²) in [5.74, 6) is -7.97. The van der Waals surface area contributed by atoms with Crippen LogP contribution in [0.25, 0.3) is 0 Å². The smallest absolute Gasteiger partial charge is 0.329 e. The zero-order valence-corrected chi connectivity index (χ0v) is 40.3. The van der Waals surface area contributed by atoms with Crippen LogP contribution >= 0.6 is 0 Å². The average molecular weight is 906 g/mol. The van der Waals surface area contributed by atoms with E-state index in [0.717, 1.165) is 5.57 Å². The van der Waals surface area contributed by atoms with Crippen molar-refractivity contribution in [2.45, 2.75) is 187 Å². The van der Waals surface area contributed by atoms with E-state index in [1.165, 1.54) is 26.0 Å². The summed E-state index contributed by atoms with van der Waals surface area (Å²) in [5, 5.41) is 34.1. The third-order valence-corrected chi connectivity index (χ3v) is 13.3. The lowest BCUT2D eigenvalue weighted by atomic mass is 9.81. The van der Waals surface area contributed by atoms with Crippen LogP contribution in [0, 0.1) is 29.6 Å². The Morgan fingerprint density at radius 1 is 0.922 bits per heavy atom. The maximum Gasteiger partial charge on any atom is 0.329 e. The molecule has 1 saturated carbocycles. The fourth-order valence-electron chi connectivity index (χ4n) is 9.76. The van der Waals surface area contributed by atoms with Crippen LogP contribution in [0.2, 0.25) is 0 Å². The second-order valence-electron chi connectivity index (χ2n) is 18.9. The summed E-state index contributed by atoms with van der Waals surface area (Å²) in [6, 6.07) is -1.14. The Morgan fingerprint density at radius 2 is 1.56 bits per heavy atom. The van der Waals surface area contributed by atoms with Crippen LogP contribution < -0.4 is 0 Å². The first-order valence-corrected chi connectivity index (χ1v) is 23.2. The molecule has 3 heterocycles. The van der Waals surface area contributed by atoms with Gasteiger partial charge in [-0.3, -0.25) is 19.2 Å². The van der Waals surface area contributed by atoms with Gasteiger partial charge >= 0.3 is 11.9 Å². The van der Waals surface area contributed by atoms with E-state index in [4.69, 9.17) is 23.7 Å². The molecule has 1 unspecified atom stereocenters. The predicted molar refractivity (Wildman–Crippen MR) is 239 cm³/mol. The van der Waals surface area contributed by atoms with Crippen LogP contribution in [0.15, 0.2) is 36.0 Å². The summed E-state index contributed by atoms with van der Waals surface area (Å²) in [4.78, 5) is 67.8. The number of rotatable bonds is 8. The molecule has 4 rings (SSSR count). The van der Waals surface area contributed by atoms with Crippen molar-refractivity contribution in [1.29, 1.82) is 0 Å². The summed E-state index contributed by atoms with van der Waals surface area (Å²) in [6.07, 6.45) is 4.96. The van der Waals surface area contributed by atoms with Crippen molar-refractivity contribution in [3.05, 3.63) is 36.0 Å². The topological polar surface area (TPSA) is 205 Å². The Balaban J connectivity index is 0.00000143. The lowest BCUT2D eigenvalue weighted by molar-refractivity contribution is -0.302. The van der Waals surface area contributed by atoms with Crippen LogP contribution in [-0.4, -0.2) is 138 Å². The first kappa shape index (κ1) is 55.0. The zero-order chi connectivity index (χ0) is 48.1. The summed E-state index contributed by atoms with van der Waals surface area (Å²) in [6.45, 7) is 18.2. The van der Waals surface area contributed by atoms with Crippen molar-refractivity contribution in [3.63, 3.8) is 0 Å². The number of nitrogens with zero attached hydrogens (tertiary/aromatic N) is 1. The van der Waals surface area contributed by atoms with Crippen molar-refractivity contribution < 1.29 is 67.7 Å². The van der Waals surface area contributed by atoms with E-state index in [1.54, 1.807) is 27.0 Å². The van der Waals surface area contributed by atoms with Gasteiger partial charge in [-0.25, -0.2) is 4.79 Å². The number of allylic oxidation sites excluding steroid dienone is 4. The predicted octanol–water partition coefficient (Wildman–Crippen LogP) is 5.60. The van der Waals surface area contributed by atoms with E-state index >= 15 is 0 Å². The van der Waals surface area contributed by atoms with Crippen molar-refractivity contribution in [3.8, 4) is 0 Å². The van der Waals surface area contributed by atoms with Gasteiger partial charge in [-0.15, -0.1) is 6.58 Å². The van der Waals surface area contributed by atoms with Gasteiger partial charge in [0.05, 0.1) is 36.6 Å². The van der Waals surface area contributed by atoms with Crippen LogP contribution in [-0.2, 0) is 52.4 Å². The monoisotopic (exact) mass is 906 g/mol. The molecule has 2 bridgehead atoms. The van der Waals surface area contributed by atoms with Gasteiger partial charge < -0.3 is 48.6 Å². The zero-order valence-electron chi connectivity index (χ0n) is 40.3. The fraction of sp³-hybridized carbons (Fsp3) is 0.776. The number of cyclic esters (lactones) is 1. The molecule has 1 aliphatic carbocycles. The van der Waals surface area contributed by atoms with Crippen molar-refractivity contribution in [1.82, 2.24) is 4.90 Å². The van der Waals surface area contributed by atoms with Crippen LogP contribution in [0.5, 0.6) is 0 Å². The minimum Gasteiger partial charge on any atom is -0.463 e. The lowest BCUT2D eigenvalue weighted by Gasteiger charge is -2.47. The normalized spacial score (nSPS) is 37.5. The van der Waals surface area contributed by atoms with Crippen LogP contribution in [0.1, 0.15) is 126 Å². The molecule has 0 aromatic rings. The number of piperidine rings is 1. The van der Waals surface area contributed by atoms with E-state index in [2.05, 4.69) is 11.3 Å². The highest BCUT2D eigenvalue weighted by atomic mass is 16.7. The van der Waals surface area contributed by atoms with E-state index < -0.39 is 83.9 Å². The maximum atomic E-state index is 14.3. The fourth-order valence-corrected chi connectivity index (χ4v) is 9.76. The standard InChI is InChI=1S/C44H69NO12.C5H10O2/c1-10-13-31-19-25(2)18-26(3)20-37(54-8)40-38(55-9)22-28(5)44(52,57-40)41(49)42(50)45-17-12-11-14-32(45)43(51)56-39(29(6)34(47)24-35(31)48)27(4)21-30-15-16-33(46)36(23-30)53-7;1-4(2)7-5(3)6/h10,19,21,26,28-34,36-40,46-47,52H,1,11-18,20,22-24H2,2-9H3;4H,1-3H3/b25-19+,27-21+;/t26-,28+,29+,30?,31+,32-,33+,34-,36+,37-,38-,39+,40+,44+;/m0./s1. The summed E-state index contributed by atoms with van der Waals surface area (Å²) < 4.78 is 34.4. The van der Waals surface area contributed by atoms with E-state index in [-0.39, 0.29) is 61.6 Å². The summed E-state index contributed by atoms with van der Waals surface area (Å²) in [5.41, 5.74) is 1.61. The molecule has 64 heavy (non-hydrogen) atoms. The van der Waals surface area contributed by atoms with Crippen molar-refractivity contribution >= 4 is 29.4 Å². The number of esters is 2. The van der Waals surface area contributed by atoms with Crippen LogP contribution in [0.4, 0.5) is 0 Å². The molecule has 0 radical (unpaired) electrons. The molecule has 0 spiro atoms. The van der Waals surface area contributed by atoms with E-state index in [0.29, 0.717) is 56.9 Å². The largest absolute Gasteiger partial charge is 0.463 e. The molecule has 3 N–H and O–H groups in total. The third kappa shape index (κ3) is 14.8. The molecule has 4 aliphatic rings. The number of aliphatic hydroxyl groups is 3. The molecule has 3 aliphatic heterocycles. The number of fused-ring (bicyclic) bond motifs is 3. The molecule has 14 atom stereocenters. The molecule has 1 amide bonds. The first-order valence-electron chi connectivity index (χ1n) is 23.2. The molecule has 0 aromatic heterocycles. The molecular formula is C49H79NO14. The number of methoxy groups -OCH3 is 3. The summed E-state index contributed by atoms with van der Waals surface area (Å²) >= 11 is 0. The van der Waals surface area contributed by atoms with Crippen LogP contribution in [0.3, 0.4) is 0 Å². The first-order chi connectivity index (χ1) is 30.1. The van der Waals surface area contributed by atoms with Gasteiger partial charge in [0, 0.05) is 59.0 Å². The molecule has 15 heteroatoms. The number of ether oxygens (including phenoxy) is 6. The highest BCUT2D eigenvalue weighted by Crippen LogP contribution is 2.39. The molecular weight excluding hydrogens is 827 g/mol.